The van der Waals surface area contributed by atoms with Gasteiger partial charge in [-0.05, 0) is 19.9 Å². The molecule has 1 spiro atoms. The number of hydrogen-bond acceptors (Lipinski definition) is 4. The highest BCUT2D eigenvalue weighted by atomic mass is 16.2. The van der Waals surface area contributed by atoms with E-state index in [0.717, 1.165) is 25.9 Å². The highest BCUT2D eigenvalue weighted by molar-refractivity contribution is 6.08. The zero-order valence-electron chi connectivity index (χ0n) is 12.4. The van der Waals surface area contributed by atoms with Gasteiger partial charge < -0.3 is 14.7 Å². The van der Waals surface area contributed by atoms with Crippen LogP contribution in [0.5, 0.6) is 0 Å². The normalized spacial score (nSPS) is 25.8. The summed E-state index contributed by atoms with van der Waals surface area (Å²) in [5.41, 5.74) is -0.765. The van der Waals surface area contributed by atoms with Gasteiger partial charge in [-0.15, -0.1) is 0 Å². The molecule has 1 aliphatic carbocycles. The van der Waals surface area contributed by atoms with Crippen LogP contribution in [-0.2, 0) is 9.59 Å². The van der Waals surface area contributed by atoms with E-state index in [2.05, 4.69) is 10.2 Å². The van der Waals surface area contributed by atoms with E-state index in [1.165, 1.54) is 4.90 Å². The van der Waals surface area contributed by atoms with Gasteiger partial charge in [0.05, 0.1) is 0 Å². The summed E-state index contributed by atoms with van der Waals surface area (Å²) >= 11 is 0. The first-order chi connectivity index (χ1) is 10.0. The zero-order valence-corrected chi connectivity index (χ0v) is 12.4. The Kier molecular flexibility index (Phi) is 3.61. The number of rotatable bonds is 2. The summed E-state index contributed by atoms with van der Waals surface area (Å²) in [7, 11) is 2.03. The van der Waals surface area contributed by atoms with E-state index < -0.39 is 11.6 Å². The Balaban J connectivity index is 1.69. The Morgan fingerprint density at radius 1 is 1.14 bits per heavy atom. The SMILES string of the molecule is CN1CCN(C(=O)CN2C(=O)NC(=O)C23CCCC3)CC1. The Labute approximate surface area is 124 Å². The topological polar surface area (TPSA) is 73.0 Å². The number of nitrogens with one attached hydrogen (secondary N) is 1. The molecule has 0 aromatic rings. The van der Waals surface area contributed by atoms with Crippen LogP contribution >= 0.6 is 0 Å². The maximum atomic E-state index is 12.4. The molecular formula is C14H22N4O3. The maximum absolute atomic E-state index is 12.4. The highest BCUT2D eigenvalue weighted by Crippen LogP contribution is 2.38. The number of hydrogen-bond donors (Lipinski definition) is 1. The fraction of sp³-hybridized carbons (Fsp3) is 0.786. The largest absolute Gasteiger partial charge is 0.339 e. The summed E-state index contributed by atoms with van der Waals surface area (Å²) in [6, 6.07) is -0.413. The molecule has 0 unspecified atom stereocenters. The fourth-order valence-corrected chi connectivity index (χ4v) is 3.57. The van der Waals surface area contributed by atoms with Gasteiger partial charge in [-0.3, -0.25) is 14.9 Å². The van der Waals surface area contributed by atoms with E-state index >= 15 is 0 Å². The molecule has 0 aromatic carbocycles. The van der Waals surface area contributed by atoms with Crippen LogP contribution in [0.25, 0.3) is 0 Å². The van der Waals surface area contributed by atoms with E-state index in [4.69, 9.17) is 0 Å². The molecule has 0 radical (unpaired) electrons. The average Bonchev–Trinajstić information content (AvgIpc) is 3.02. The summed E-state index contributed by atoms with van der Waals surface area (Å²) in [5, 5.41) is 2.38. The van der Waals surface area contributed by atoms with Gasteiger partial charge in [0.2, 0.25) is 5.91 Å². The van der Waals surface area contributed by atoms with Crippen molar-refractivity contribution in [1.82, 2.24) is 20.0 Å². The van der Waals surface area contributed by atoms with Gasteiger partial charge in [0, 0.05) is 26.2 Å². The summed E-state index contributed by atoms with van der Waals surface area (Å²) in [4.78, 5) is 42.0. The molecule has 0 atom stereocenters. The lowest BCUT2D eigenvalue weighted by molar-refractivity contribution is -0.135. The molecule has 0 bridgehead atoms. The molecule has 1 N–H and O–H groups in total. The predicted octanol–water partition coefficient (Wildman–Crippen LogP) is -0.375. The lowest BCUT2D eigenvalue weighted by atomic mass is 9.96. The van der Waals surface area contributed by atoms with Crippen molar-refractivity contribution in [3.63, 3.8) is 0 Å². The van der Waals surface area contributed by atoms with Gasteiger partial charge in [0.15, 0.2) is 0 Å². The van der Waals surface area contributed by atoms with Crippen LogP contribution in [0.1, 0.15) is 25.7 Å². The first-order valence-electron chi connectivity index (χ1n) is 7.62. The molecule has 2 aliphatic heterocycles. The number of carbonyl (C=O) groups excluding carboxylic acids is 3. The molecule has 1 saturated carbocycles. The molecule has 2 heterocycles. The molecule has 3 rings (SSSR count). The molecule has 21 heavy (non-hydrogen) atoms. The van der Waals surface area contributed by atoms with Crippen molar-refractivity contribution in [2.45, 2.75) is 31.2 Å². The van der Waals surface area contributed by atoms with Crippen molar-refractivity contribution in [3.8, 4) is 0 Å². The number of piperazine rings is 1. The first-order valence-corrected chi connectivity index (χ1v) is 7.62. The summed E-state index contributed by atoms with van der Waals surface area (Å²) < 4.78 is 0. The van der Waals surface area contributed by atoms with Crippen molar-refractivity contribution >= 4 is 17.8 Å². The Bertz CT molecular complexity index is 465. The van der Waals surface area contributed by atoms with E-state index in [1.54, 1.807) is 4.90 Å². The van der Waals surface area contributed by atoms with Gasteiger partial charge >= 0.3 is 6.03 Å². The third-order valence-corrected chi connectivity index (χ3v) is 4.99. The van der Waals surface area contributed by atoms with Gasteiger partial charge in [0.1, 0.15) is 12.1 Å². The second-order valence-electron chi connectivity index (χ2n) is 6.27. The third kappa shape index (κ3) is 2.39. The Morgan fingerprint density at radius 3 is 2.38 bits per heavy atom. The molecule has 116 valence electrons. The minimum Gasteiger partial charge on any atom is -0.339 e. The van der Waals surface area contributed by atoms with Crippen LogP contribution in [0, 0.1) is 0 Å². The number of amides is 4. The zero-order chi connectivity index (χ0) is 15.0. The second kappa shape index (κ2) is 5.29. The lowest BCUT2D eigenvalue weighted by Crippen LogP contribution is -2.54. The fourth-order valence-electron chi connectivity index (χ4n) is 3.57. The smallest absolute Gasteiger partial charge is 0.325 e. The average molecular weight is 294 g/mol. The molecule has 3 fully saturated rings. The quantitative estimate of drug-likeness (QED) is 0.705. The van der Waals surface area contributed by atoms with Gasteiger partial charge in [0.25, 0.3) is 5.91 Å². The lowest BCUT2D eigenvalue weighted by Gasteiger charge is -2.36. The van der Waals surface area contributed by atoms with Crippen LogP contribution < -0.4 is 5.32 Å². The number of nitrogens with zero attached hydrogens (tertiary/aromatic N) is 3. The maximum Gasteiger partial charge on any atom is 0.325 e. The second-order valence-corrected chi connectivity index (χ2v) is 6.27. The minimum atomic E-state index is -0.765. The summed E-state index contributed by atoms with van der Waals surface area (Å²) in [6.45, 7) is 3.09. The summed E-state index contributed by atoms with van der Waals surface area (Å²) in [5.74, 6) is -0.282. The predicted molar refractivity (Wildman–Crippen MR) is 75.5 cm³/mol. The number of imide groups is 1. The van der Waals surface area contributed by atoms with Crippen LogP contribution in [0.15, 0.2) is 0 Å². The molecule has 4 amide bonds. The van der Waals surface area contributed by atoms with Crippen LogP contribution in [0.3, 0.4) is 0 Å². The third-order valence-electron chi connectivity index (χ3n) is 4.99. The van der Waals surface area contributed by atoms with Crippen LogP contribution in [-0.4, -0.2) is 77.9 Å². The summed E-state index contributed by atoms with van der Waals surface area (Å²) in [6.07, 6.45) is 3.20. The first kappa shape index (κ1) is 14.3. The molecule has 2 saturated heterocycles. The van der Waals surface area contributed by atoms with E-state index in [1.807, 2.05) is 7.05 Å². The number of likely N-dealkylation sites (N-methyl/N-ethyl adjacent to an activating group) is 1. The minimum absolute atomic E-state index is 0.0152. The Morgan fingerprint density at radius 2 is 1.76 bits per heavy atom. The van der Waals surface area contributed by atoms with Crippen molar-refractivity contribution in [2.24, 2.45) is 0 Å². The van der Waals surface area contributed by atoms with E-state index in [9.17, 15) is 14.4 Å². The van der Waals surface area contributed by atoms with Gasteiger partial charge in [-0.1, -0.05) is 12.8 Å². The van der Waals surface area contributed by atoms with E-state index in [-0.39, 0.29) is 18.4 Å². The molecule has 0 aromatic heterocycles. The number of urea groups is 1. The standard InChI is InChI=1S/C14H22N4O3/c1-16-6-8-17(9-7-16)11(19)10-18-13(21)15-12(20)14(18)4-2-3-5-14/h2-10H2,1H3,(H,15,20,21). The van der Waals surface area contributed by atoms with E-state index in [0.29, 0.717) is 25.9 Å². The molecule has 3 aliphatic rings. The van der Waals surface area contributed by atoms with Crippen molar-refractivity contribution in [3.05, 3.63) is 0 Å². The molecule has 7 heteroatoms. The van der Waals surface area contributed by atoms with Crippen molar-refractivity contribution in [1.29, 1.82) is 0 Å². The van der Waals surface area contributed by atoms with Crippen molar-refractivity contribution in [2.75, 3.05) is 39.8 Å². The molecular weight excluding hydrogens is 272 g/mol. The monoisotopic (exact) mass is 294 g/mol. The van der Waals surface area contributed by atoms with Crippen molar-refractivity contribution < 1.29 is 14.4 Å². The molecule has 7 nitrogen and oxygen atoms in total. The number of carbonyl (C=O) groups is 3. The van der Waals surface area contributed by atoms with Crippen LogP contribution in [0.2, 0.25) is 0 Å². The van der Waals surface area contributed by atoms with Crippen LogP contribution in [0.4, 0.5) is 4.79 Å². The van der Waals surface area contributed by atoms with Gasteiger partial charge in [-0.25, -0.2) is 4.79 Å². The Hall–Kier alpha value is -1.63. The van der Waals surface area contributed by atoms with Gasteiger partial charge in [-0.2, -0.15) is 0 Å². The highest BCUT2D eigenvalue weighted by Gasteiger charge is 2.54.